The molecule has 0 aliphatic carbocycles. The minimum atomic E-state index is -0.679. The van der Waals surface area contributed by atoms with E-state index in [2.05, 4.69) is 20.8 Å². The third-order valence-corrected chi connectivity index (χ3v) is 3.04. The number of carboxylic acid groups (broad SMARTS) is 1. The van der Waals surface area contributed by atoms with E-state index in [1.165, 1.54) is 0 Å². The summed E-state index contributed by atoms with van der Waals surface area (Å²) in [5.74, 6) is -0.679. The van der Waals surface area contributed by atoms with E-state index in [1.807, 2.05) is 0 Å². The van der Waals surface area contributed by atoms with Crippen LogP contribution in [0.5, 0.6) is 0 Å². The number of carboxylic acids is 1. The number of hydrogen-bond donors (Lipinski definition) is 1. The summed E-state index contributed by atoms with van der Waals surface area (Å²) >= 11 is 0. The summed E-state index contributed by atoms with van der Waals surface area (Å²) in [5, 5.41) is 8.52. The molecule has 0 aromatic heterocycles. The van der Waals surface area contributed by atoms with Gasteiger partial charge in [-0.3, -0.25) is 4.79 Å². The van der Waals surface area contributed by atoms with E-state index in [9.17, 15) is 4.79 Å². The topological polar surface area (TPSA) is 37.3 Å². The molecule has 0 radical (unpaired) electrons. The molecular formula is C10H22INO2. The van der Waals surface area contributed by atoms with Crippen molar-refractivity contribution in [2.45, 2.75) is 33.6 Å². The number of carbonyl (C=O) groups is 1. The van der Waals surface area contributed by atoms with Crippen LogP contribution >= 0.6 is 0 Å². The zero-order valence-corrected chi connectivity index (χ0v) is 11.6. The second-order valence-corrected chi connectivity index (χ2v) is 3.51. The fraction of sp³-hybridized carbons (Fsp3) is 0.900. The quantitative estimate of drug-likeness (QED) is 0.470. The Kier molecular flexibility index (Phi) is 10.0. The standard InChI is InChI=1S/C10H21NO2.HI/c1-4-11(5-2,6-3)9-7-8-10(12)13;/h4-9H2,1-3H3;1H. The van der Waals surface area contributed by atoms with E-state index in [0.717, 1.165) is 37.1 Å². The van der Waals surface area contributed by atoms with Crippen molar-refractivity contribution in [2.75, 3.05) is 26.2 Å². The minimum absolute atomic E-state index is 0. The Balaban J connectivity index is 0. The molecule has 0 aliphatic heterocycles. The van der Waals surface area contributed by atoms with Crippen LogP contribution in [0.1, 0.15) is 33.6 Å². The van der Waals surface area contributed by atoms with Gasteiger partial charge in [0, 0.05) is 6.42 Å². The first-order valence-electron chi connectivity index (χ1n) is 5.17. The van der Waals surface area contributed by atoms with E-state index in [1.54, 1.807) is 0 Å². The van der Waals surface area contributed by atoms with Gasteiger partial charge in [-0.15, -0.1) is 0 Å². The first-order valence-corrected chi connectivity index (χ1v) is 5.17. The largest absolute Gasteiger partial charge is 1.00 e. The summed E-state index contributed by atoms with van der Waals surface area (Å²) < 4.78 is 1.05. The summed E-state index contributed by atoms with van der Waals surface area (Å²) in [6.07, 6.45) is 1.10. The summed E-state index contributed by atoms with van der Waals surface area (Å²) in [5.41, 5.74) is 0. The Morgan fingerprint density at radius 1 is 1.14 bits per heavy atom. The second-order valence-electron chi connectivity index (χ2n) is 3.51. The van der Waals surface area contributed by atoms with Crippen molar-refractivity contribution in [3.8, 4) is 0 Å². The number of aliphatic carboxylic acids is 1. The molecule has 14 heavy (non-hydrogen) atoms. The molecular weight excluding hydrogens is 293 g/mol. The molecule has 4 heteroatoms. The molecule has 0 fully saturated rings. The van der Waals surface area contributed by atoms with Gasteiger partial charge in [0.05, 0.1) is 32.6 Å². The molecule has 0 aromatic rings. The van der Waals surface area contributed by atoms with Crippen molar-refractivity contribution in [1.82, 2.24) is 0 Å². The van der Waals surface area contributed by atoms with Gasteiger partial charge < -0.3 is 33.6 Å². The van der Waals surface area contributed by atoms with Gasteiger partial charge in [-0.25, -0.2) is 0 Å². The van der Waals surface area contributed by atoms with Crippen LogP contribution in [0.4, 0.5) is 0 Å². The van der Waals surface area contributed by atoms with Gasteiger partial charge in [-0.1, -0.05) is 0 Å². The molecule has 3 nitrogen and oxygen atoms in total. The Morgan fingerprint density at radius 3 is 1.86 bits per heavy atom. The Labute approximate surface area is 104 Å². The Bertz CT molecular complexity index is 150. The molecule has 86 valence electrons. The lowest BCUT2D eigenvalue weighted by Gasteiger charge is -2.35. The van der Waals surface area contributed by atoms with Crippen LogP contribution in [-0.2, 0) is 4.79 Å². The lowest BCUT2D eigenvalue weighted by atomic mass is 10.2. The van der Waals surface area contributed by atoms with Crippen molar-refractivity contribution in [1.29, 1.82) is 0 Å². The number of nitrogens with zero attached hydrogens (tertiary/aromatic N) is 1. The van der Waals surface area contributed by atoms with Crippen molar-refractivity contribution in [3.63, 3.8) is 0 Å². The lowest BCUT2D eigenvalue weighted by molar-refractivity contribution is -0.923. The molecule has 0 spiro atoms. The molecule has 0 bridgehead atoms. The summed E-state index contributed by atoms with van der Waals surface area (Å²) in [7, 11) is 0. The predicted molar refractivity (Wildman–Crippen MR) is 53.6 cm³/mol. The highest BCUT2D eigenvalue weighted by atomic mass is 127. The number of hydrogen-bond acceptors (Lipinski definition) is 1. The third kappa shape index (κ3) is 5.80. The SMILES string of the molecule is CC[N+](CC)(CC)CCCC(=O)O.[I-]. The maximum atomic E-state index is 10.3. The maximum absolute atomic E-state index is 10.3. The van der Waals surface area contributed by atoms with Crippen molar-refractivity contribution in [2.24, 2.45) is 0 Å². The van der Waals surface area contributed by atoms with Gasteiger partial charge in [0.15, 0.2) is 0 Å². The zero-order chi connectivity index (χ0) is 10.3. The van der Waals surface area contributed by atoms with Crippen molar-refractivity contribution in [3.05, 3.63) is 0 Å². The maximum Gasteiger partial charge on any atom is 0.303 e. The molecule has 1 N–H and O–H groups in total. The van der Waals surface area contributed by atoms with Crippen LogP contribution in [0.25, 0.3) is 0 Å². The summed E-state index contributed by atoms with van der Waals surface area (Å²) in [4.78, 5) is 10.3. The molecule has 0 atom stereocenters. The fourth-order valence-electron chi connectivity index (χ4n) is 1.71. The molecule has 0 amide bonds. The minimum Gasteiger partial charge on any atom is -1.00 e. The second kappa shape index (κ2) is 8.47. The molecule has 0 heterocycles. The summed E-state index contributed by atoms with van der Waals surface area (Å²) in [6, 6.07) is 0. The van der Waals surface area contributed by atoms with E-state index >= 15 is 0 Å². The number of halogens is 1. The van der Waals surface area contributed by atoms with Gasteiger partial charge in [0.25, 0.3) is 0 Å². The van der Waals surface area contributed by atoms with Gasteiger partial charge in [-0.05, 0) is 20.8 Å². The van der Waals surface area contributed by atoms with E-state index in [0.29, 0.717) is 6.42 Å². The molecule has 0 saturated heterocycles. The molecule has 0 aromatic carbocycles. The molecule has 0 unspecified atom stereocenters. The third-order valence-electron chi connectivity index (χ3n) is 3.04. The van der Waals surface area contributed by atoms with Crippen molar-refractivity contribution < 1.29 is 38.4 Å². The predicted octanol–water partition coefficient (Wildman–Crippen LogP) is -1.27. The fourth-order valence-corrected chi connectivity index (χ4v) is 1.71. The zero-order valence-electron chi connectivity index (χ0n) is 9.42. The van der Waals surface area contributed by atoms with Crippen molar-refractivity contribution >= 4 is 5.97 Å². The van der Waals surface area contributed by atoms with Gasteiger partial charge in [-0.2, -0.15) is 0 Å². The number of rotatable bonds is 7. The highest BCUT2D eigenvalue weighted by molar-refractivity contribution is 5.66. The Hall–Kier alpha value is 0.160. The number of quaternary nitrogens is 1. The van der Waals surface area contributed by atoms with Crippen LogP contribution in [0, 0.1) is 0 Å². The summed E-state index contributed by atoms with van der Waals surface area (Å²) in [6.45, 7) is 10.8. The van der Waals surface area contributed by atoms with E-state index in [4.69, 9.17) is 5.11 Å². The first-order chi connectivity index (χ1) is 6.10. The van der Waals surface area contributed by atoms with Gasteiger partial charge in [0.2, 0.25) is 0 Å². The van der Waals surface area contributed by atoms with Crippen LogP contribution in [0.3, 0.4) is 0 Å². The van der Waals surface area contributed by atoms with Crippen LogP contribution < -0.4 is 24.0 Å². The van der Waals surface area contributed by atoms with Gasteiger partial charge in [0.1, 0.15) is 0 Å². The lowest BCUT2D eigenvalue weighted by Crippen LogP contribution is -3.00. The Morgan fingerprint density at radius 2 is 1.57 bits per heavy atom. The molecule has 0 aliphatic rings. The van der Waals surface area contributed by atoms with Crippen LogP contribution in [0.15, 0.2) is 0 Å². The highest BCUT2D eigenvalue weighted by Gasteiger charge is 2.19. The molecule has 0 saturated carbocycles. The monoisotopic (exact) mass is 315 g/mol. The first kappa shape index (κ1) is 16.6. The van der Waals surface area contributed by atoms with E-state index in [-0.39, 0.29) is 24.0 Å². The normalized spacial score (nSPS) is 10.8. The highest BCUT2D eigenvalue weighted by Crippen LogP contribution is 2.08. The average molecular weight is 315 g/mol. The van der Waals surface area contributed by atoms with Crippen LogP contribution in [-0.4, -0.2) is 41.7 Å². The molecule has 0 rings (SSSR count). The van der Waals surface area contributed by atoms with E-state index < -0.39 is 5.97 Å². The van der Waals surface area contributed by atoms with Gasteiger partial charge >= 0.3 is 5.97 Å². The van der Waals surface area contributed by atoms with Crippen LogP contribution in [0.2, 0.25) is 0 Å². The average Bonchev–Trinajstić information content (AvgIpc) is 2.13. The smallest absolute Gasteiger partial charge is 0.303 e.